The molecule has 23 heavy (non-hydrogen) atoms. The van der Waals surface area contributed by atoms with Crippen molar-refractivity contribution in [3.63, 3.8) is 0 Å². The Morgan fingerprint density at radius 2 is 1.83 bits per heavy atom. The van der Waals surface area contributed by atoms with Crippen molar-refractivity contribution < 1.29 is 0 Å². The van der Waals surface area contributed by atoms with Gasteiger partial charge in [-0.25, -0.2) is 0 Å². The molecule has 0 aliphatic rings. The first-order valence-electron chi connectivity index (χ1n) is 7.04. The van der Waals surface area contributed by atoms with E-state index in [9.17, 15) is 0 Å². The van der Waals surface area contributed by atoms with Gasteiger partial charge < -0.3 is 0 Å². The summed E-state index contributed by atoms with van der Waals surface area (Å²) in [5.74, 6) is 1.36. The van der Waals surface area contributed by atoms with Crippen molar-refractivity contribution in [3.8, 4) is 17.1 Å². The first-order valence-corrected chi connectivity index (χ1v) is 8.40. The van der Waals surface area contributed by atoms with Crippen LogP contribution in [0.5, 0.6) is 0 Å². The van der Waals surface area contributed by atoms with Gasteiger partial charge in [0.2, 0.25) is 0 Å². The lowest BCUT2D eigenvalue weighted by atomic mass is 10.2. The zero-order chi connectivity index (χ0) is 16.2. The summed E-state index contributed by atoms with van der Waals surface area (Å²) in [4.78, 5) is 4.06. The molecule has 116 valence electrons. The number of aromatic nitrogens is 4. The highest BCUT2D eigenvalue weighted by Crippen LogP contribution is 2.28. The lowest BCUT2D eigenvalue weighted by molar-refractivity contribution is 0.887. The highest BCUT2D eigenvalue weighted by atomic mass is 35.5. The molecule has 1 aromatic carbocycles. The topological polar surface area (TPSA) is 43.6 Å². The lowest BCUT2D eigenvalue weighted by Crippen LogP contribution is -2.00. The fourth-order valence-corrected chi connectivity index (χ4v) is 2.99. The molecule has 0 radical (unpaired) electrons. The van der Waals surface area contributed by atoms with Crippen LogP contribution >= 0.6 is 23.4 Å². The van der Waals surface area contributed by atoms with Crippen LogP contribution in [0.2, 0.25) is 0 Å². The van der Waals surface area contributed by atoms with Gasteiger partial charge in [0.15, 0.2) is 11.0 Å². The van der Waals surface area contributed by atoms with E-state index in [-0.39, 0.29) is 0 Å². The maximum Gasteiger partial charge on any atom is 0.196 e. The van der Waals surface area contributed by atoms with Crippen LogP contribution in [-0.4, -0.2) is 25.5 Å². The standard InChI is InChI=1S/C17H15ClN4S/c1-12-3-5-15(6-4-12)22-16(14-7-9-19-10-8-14)20-21-17(22)23-11-13(2)18/h3-10H,2,11H2,1H3. The molecule has 3 rings (SSSR count). The molecule has 0 amide bonds. The van der Waals surface area contributed by atoms with Gasteiger partial charge in [-0.2, -0.15) is 0 Å². The molecule has 0 aliphatic heterocycles. The van der Waals surface area contributed by atoms with E-state index in [1.165, 1.54) is 17.3 Å². The normalized spacial score (nSPS) is 10.7. The van der Waals surface area contributed by atoms with Crippen LogP contribution < -0.4 is 0 Å². The fraction of sp³-hybridized carbons (Fsp3) is 0.118. The number of nitrogens with zero attached hydrogens (tertiary/aromatic N) is 4. The Labute approximate surface area is 144 Å². The minimum Gasteiger partial charge on any atom is -0.270 e. The number of benzene rings is 1. The Morgan fingerprint density at radius 3 is 2.48 bits per heavy atom. The van der Waals surface area contributed by atoms with Crippen LogP contribution in [0.15, 0.2) is 65.6 Å². The van der Waals surface area contributed by atoms with Gasteiger partial charge in [-0.3, -0.25) is 9.55 Å². The molecule has 0 atom stereocenters. The van der Waals surface area contributed by atoms with Crippen molar-refractivity contribution in [1.29, 1.82) is 0 Å². The monoisotopic (exact) mass is 342 g/mol. The van der Waals surface area contributed by atoms with Crippen molar-refractivity contribution in [3.05, 3.63) is 66.0 Å². The zero-order valence-corrected chi connectivity index (χ0v) is 14.2. The maximum absolute atomic E-state index is 5.89. The quantitative estimate of drug-likeness (QED) is 0.641. The summed E-state index contributed by atoms with van der Waals surface area (Å²) >= 11 is 7.40. The van der Waals surface area contributed by atoms with E-state index in [1.807, 2.05) is 16.7 Å². The predicted molar refractivity (Wildman–Crippen MR) is 95.0 cm³/mol. The Morgan fingerprint density at radius 1 is 1.13 bits per heavy atom. The van der Waals surface area contributed by atoms with Crippen LogP contribution in [-0.2, 0) is 0 Å². The van der Waals surface area contributed by atoms with E-state index in [0.29, 0.717) is 10.8 Å². The highest BCUT2D eigenvalue weighted by molar-refractivity contribution is 7.99. The van der Waals surface area contributed by atoms with E-state index in [4.69, 9.17) is 11.6 Å². The third-order valence-electron chi connectivity index (χ3n) is 3.22. The largest absolute Gasteiger partial charge is 0.270 e. The molecule has 0 unspecified atom stereocenters. The third-order valence-corrected chi connectivity index (χ3v) is 4.53. The Hall–Kier alpha value is -2.11. The van der Waals surface area contributed by atoms with Crippen LogP contribution in [0.3, 0.4) is 0 Å². The minimum absolute atomic E-state index is 0.582. The van der Waals surface area contributed by atoms with Crippen molar-refractivity contribution in [2.75, 3.05) is 5.75 Å². The Balaban J connectivity index is 2.10. The first kappa shape index (κ1) is 15.8. The number of rotatable bonds is 5. The summed E-state index contributed by atoms with van der Waals surface area (Å²) in [7, 11) is 0. The summed E-state index contributed by atoms with van der Waals surface area (Å²) in [6.07, 6.45) is 3.49. The summed E-state index contributed by atoms with van der Waals surface area (Å²) in [5, 5.41) is 10.0. The molecule has 0 saturated heterocycles. The number of hydrogen-bond acceptors (Lipinski definition) is 4. The van der Waals surface area contributed by atoms with Crippen LogP contribution in [0, 0.1) is 6.92 Å². The smallest absolute Gasteiger partial charge is 0.196 e. The molecule has 2 aromatic heterocycles. The number of thioether (sulfide) groups is 1. The van der Waals surface area contributed by atoms with E-state index < -0.39 is 0 Å². The molecule has 0 bridgehead atoms. The van der Waals surface area contributed by atoms with E-state index in [0.717, 1.165) is 22.2 Å². The zero-order valence-electron chi connectivity index (χ0n) is 12.6. The van der Waals surface area contributed by atoms with Gasteiger partial charge in [0.1, 0.15) is 0 Å². The average Bonchev–Trinajstić information content (AvgIpc) is 2.98. The van der Waals surface area contributed by atoms with Gasteiger partial charge >= 0.3 is 0 Å². The molecule has 0 N–H and O–H groups in total. The molecule has 0 saturated carbocycles. The molecule has 6 heteroatoms. The summed E-state index contributed by atoms with van der Waals surface area (Å²) in [6.45, 7) is 5.79. The van der Waals surface area contributed by atoms with Gasteiger partial charge in [0.25, 0.3) is 0 Å². The average molecular weight is 343 g/mol. The molecular formula is C17H15ClN4S. The van der Waals surface area contributed by atoms with Gasteiger partial charge in [0, 0.05) is 34.4 Å². The maximum atomic E-state index is 5.89. The number of aryl methyl sites for hydroxylation is 1. The van der Waals surface area contributed by atoms with Gasteiger partial charge in [-0.05, 0) is 31.2 Å². The molecule has 0 aliphatic carbocycles. The van der Waals surface area contributed by atoms with Crippen molar-refractivity contribution in [2.45, 2.75) is 12.1 Å². The number of halogens is 1. The van der Waals surface area contributed by atoms with Gasteiger partial charge in [0.05, 0.1) is 0 Å². The Bertz CT molecular complexity index is 812. The summed E-state index contributed by atoms with van der Waals surface area (Å²) < 4.78 is 2.03. The molecular weight excluding hydrogens is 328 g/mol. The van der Waals surface area contributed by atoms with Crippen LogP contribution in [0.1, 0.15) is 5.56 Å². The van der Waals surface area contributed by atoms with Crippen molar-refractivity contribution in [1.82, 2.24) is 19.7 Å². The molecule has 0 spiro atoms. The molecule has 4 nitrogen and oxygen atoms in total. The second-order valence-corrected chi connectivity index (χ2v) is 6.50. The second kappa shape index (κ2) is 6.98. The molecule has 3 aromatic rings. The fourth-order valence-electron chi connectivity index (χ4n) is 2.12. The van der Waals surface area contributed by atoms with Gasteiger partial charge in [-0.15, -0.1) is 10.2 Å². The van der Waals surface area contributed by atoms with Crippen molar-refractivity contribution >= 4 is 23.4 Å². The van der Waals surface area contributed by atoms with Crippen LogP contribution in [0.25, 0.3) is 17.1 Å². The van der Waals surface area contributed by atoms with Gasteiger partial charge in [-0.1, -0.05) is 47.6 Å². The second-order valence-electron chi connectivity index (χ2n) is 5.02. The van der Waals surface area contributed by atoms with E-state index >= 15 is 0 Å². The van der Waals surface area contributed by atoms with E-state index in [1.54, 1.807) is 12.4 Å². The van der Waals surface area contributed by atoms with Crippen LogP contribution in [0.4, 0.5) is 0 Å². The summed E-state index contributed by atoms with van der Waals surface area (Å²) in [6, 6.07) is 12.1. The highest BCUT2D eigenvalue weighted by Gasteiger charge is 2.16. The lowest BCUT2D eigenvalue weighted by Gasteiger charge is -2.10. The predicted octanol–water partition coefficient (Wildman–Crippen LogP) is 4.48. The number of pyridine rings is 1. The Kier molecular flexibility index (Phi) is 4.79. The first-order chi connectivity index (χ1) is 11.1. The molecule has 0 fully saturated rings. The van der Waals surface area contributed by atoms with E-state index in [2.05, 4.69) is 52.9 Å². The third kappa shape index (κ3) is 3.63. The SMILES string of the molecule is C=C(Cl)CSc1nnc(-c2ccncc2)n1-c1ccc(C)cc1. The van der Waals surface area contributed by atoms with Crippen molar-refractivity contribution in [2.24, 2.45) is 0 Å². The minimum atomic E-state index is 0.582. The molecule has 2 heterocycles. The number of hydrogen-bond donors (Lipinski definition) is 0. The summed E-state index contributed by atoms with van der Waals surface area (Å²) in [5.41, 5.74) is 3.18.